The molecule has 0 bridgehead atoms. The molecule has 3 N–H and O–H groups in total. The number of carbonyl (C=O) groups is 1. The fourth-order valence-electron chi connectivity index (χ4n) is 1.16. The highest BCUT2D eigenvalue weighted by molar-refractivity contribution is 5.86. The van der Waals surface area contributed by atoms with Gasteiger partial charge >= 0.3 is 6.18 Å². The van der Waals surface area contributed by atoms with Crippen molar-refractivity contribution in [2.24, 2.45) is 11.7 Å². The van der Waals surface area contributed by atoms with Crippen molar-refractivity contribution in [3.63, 3.8) is 0 Å². The van der Waals surface area contributed by atoms with E-state index >= 15 is 0 Å². The van der Waals surface area contributed by atoms with E-state index in [1.165, 1.54) is 0 Å². The molecule has 0 aromatic heterocycles. The molecule has 0 aliphatic rings. The van der Waals surface area contributed by atoms with E-state index in [0.717, 1.165) is 6.42 Å². The quantitative estimate of drug-likeness (QED) is 0.790. The molecular weight excluding hydrogens is 233 g/mol. The highest BCUT2D eigenvalue weighted by atomic mass is 19.4. The predicted molar refractivity (Wildman–Crippen MR) is 60.3 cm³/mol. The molecule has 2 atom stereocenters. The van der Waals surface area contributed by atoms with Crippen molar-refractivity contribution in [3.05, 3.63) is 0 Å². The van der Waals surface area contributed by atoms with Crippen LogP contribution in [0.3, 0.4) is 0 Å². The van der Waals surface area contributed by atoms with Gasteiger partial charge < -0.3 is 11.1 Å². The first-order chi connectivity index (χ1) is 7.48. The first kappa shape index (κ1) is 16.2. The van der Waals surface area contributed by atoms with Gasteiger partial charge in [0.05, 0.1) is 0 Å². The molecule has 0 radical (unpaired) electrons. The normalized spacial score (nSPS) is 17.7. The Balaban J connectivity index is 4.35. The molecule has 0 saturated carbocycles. The number of alkyl halides is 3. The maximum Gasteiger partial charge on any atom is 0.415 e. The Morgan fingerprint density at radius 1 is 1.24 bits per heavy atom. The summed E-state index contributed by atoms with van der Waals surface area (Å²) >= 11 is 0. The fourth-order valence-corrected chi connectivity index (χ4v) is 1.16. The van der Waals surface area contributed by atoms with E-state index in [1.54, 1.807) is 6.92 Å². The van der Waals surface area contributed by atoms with E-state index in [0.29, 0.717) is 19.3 Å². The van der Waals surface area contributed by atoms with Crippen LogP contribution >= 0.6 is 0 Å². The molecule has 102 valence electrons. The van der Waals surface area contributed by atoms with Crippen LogP contribution in [0.2, 0.25) is 0 Å². The van der Waals surface area contributed by atoms with Crippen LogP contribution in [-0.4, -0.2) is 23.7 Å². The van der Waals surface area contributed by atoms with Crippen LogP contribution in [0, 0.1) is 5.92 Å². The summed E-state index contributed by atoms with van der Waals surface area (Å²) in [6.07, 6.45) is -3.26. The number of carbonyl (C=O) groups excluding carboxylic acids is 1. The largest absolute Gasteiger partial charge is 0.415 e. The monoisotopic (exact) mass is 254 g/mol. The third kappa shape index (κ3) is 4.93. The van der Waals surface area contributed by atoms with Crippen molar-refractivity contribution in [3.8, 4) is 0 Å². The molecule has 0 saturated heterocycles. The standard InChI is InChI=1S/C11H21F3N2O/c1-7(2)5-6-8(3)16-9(17)10(4,15)11(12,13)14/h7-8H,5-6,15H2,1-4H3,(H,16,17). The van der Waals surface area contributed by atoms with Gasteiger partial charge in [0, 0.05) is 6.04 Å². The van der Waals surface area contributed by atoms with Crippen molar-refractivity contribution in [1.82, 2.24) is 5.32 Å². The topological polar surface area (TPSA) is 55.1 Å². The Morgan fingerprint density at radius 3 is 2.06 bits per heavy atom. The smallest absolute Gasteiger partial charge is 0.352 e. The van der Waals surface area contributed by atoms with E-state index in [1.807, 2.05) is 13.8 Å². The lowest BCUT2D eigenvalue weighted by atomic mass is 10.00. The second kappa shape index (κ2) is 5.71. The number of hydrogen-bond donors (Lipinski definition) is 2. The zero-order valence-corrected chi connectivity index (χ0v) is 10.7. The van der Waals surface area contributed by atoms with Crippen molar-refractivity contribution >= 4 is 5.91 Å². The van der Waals surface area contributed by atoms with E-state index in [9.17, 15) is 18.0 Å². The Kier molecular flexibility index (Phi) is 5.45. The van der Waals surface area contributed by atoms with Gasteiger partial charge in [0.15, 0.2) is 5.54 Å². The maximum absolute atomic E-state index is 12.5. The Bertz CT molecular complexity index is 262. The van der Waals surface area contributed by atoms with Gasteiger partial charge in [-0.25, -0.2) is 0 Å². The molecule has 0 heterocycles. The summed E-state index contributed by atoms with van der Waals surface area (Å²) in [6, 6.07) is -0.310. The molecule has 0 aliphatic carbocycles. The van der Waals surface area contributed by atoms with E-state index in [-0.39, 0.29) is 6.04 Å². The first-order valence-corrected chi connectivity index (χ1v) is 5.65. The van der Waals surface area contributed by atoms with Crippen molar-refractivity contribution in [2.75, 3.05) is 0 Å². The predicted octanol–water partition coefficient (Wildman–Crippen LogP) is 2.21. The number of nitrogens with two attached hydrogens (primary N) is 1. The lowest BCUT2D eigenvalue weighted by molar-refractivity contribution is -0.187. The molecule has 0 spiro atoms. The molecule has 0 aromatic carbocycles. The summed E-state index contributed by atoms with van der Waals surface area (Å²) in [5.41, 5.74) is 2.17. The van der Waals surface area contributed by atoms with E-state index in [2.05, 4.69) is 5.32 Å². The zero-order chi connectivity index (χ0) is 13.9. The SMILES string of the molecule is CC(C)CCC(C)NC(=O)C(C)(N)C(F)(F)F. The molecule has 0 rings (SSSR count). The maximum atomic E-state index is 12.5. The zero-order valence-electron chi connectivity index (χ0n) is 10.7. The Labute approximate surface area is 99.9 Å². The molecule has 3 nitrogen and oxygen atoms in total. The van der Waals surface area contributed by atoms with Gasteiger partial charge in [0.2, 0.25) is 5.91 Å². The van der Waals surface area contributed by atoms with Crippen LogP contribution < -0.4 is 11.1 Å². The average Bonchev–Trinajstić information content (AvgIpc) is 2.12. The third-order valence-corrected chi connectivity index (χ3v) is 2.62. The second-order valence-corrected chi connectivity index (χ2v) is 5.05. The molecule has 0 fully saturated rings. The summed E-state index contributed by atoms with van der Waals surface area (Å²) in [5, 5.41) is 2.30. The highest BCUT2D eigenvalue weighted by Crippen LogP contribution is 2.28. The van der Waals surface area contributed by atoms with Crippen molar-refractivity contribution in [1.29, 1.82) is 0 Å². The second-order valence-electron chi connectivity index (χ2n) is 5.05. The minimum atomic E-state index is -4.74. The minimum Gasteiger partial charge on any atom is -0.352 e. The van der Waals surface area contributed by atoms with Gasteiger partial charge in [0.1, 0.15) is 0 Å². The number of nitrogens with one attached hydrogen (secondary N) is 1. The summed E-state index contributed by atoms with van der Waals surface area (Å²) in [5.74, 6) is -0.734. The van der Waals surface area contributed by atoms with Crippen LogP contribution in [0.25, 0.3) is 0 Å². The number of amides is 1. The number of hydrogen-bond acceptors (Lipinski definition) is 2. The van der Waals surface area contributed by atoms with Crippen molar-refractivity contribution in [2.45, 2.75) is 58.3 Å². The Hall–Kier alpha value is -0.780. The van der Waals surface area contributed by atoms with Gasteiger partial charge in [-0.3, -0.25) is 4.79 Å². The summed E-state index contributed by atoms with van der Waals surface area (Å²) < 4.78 is 37.4. The summed E-state index contributed by atoms with van der Waals surface area (Å²) in [6.45, 7) is 6.37. The molecule has 1 amide bonds. The highest BCUT2D eigenvalue weighted by Gasteiger charge is 2.54. The van der Waals surface area contributed by atoms with E-state index in [4.69, 9.17) is 5.73 Å². The van der Waals surface area contributed by atoms with Crippen LogP contribution in [0.1, 0.15) is 40.5 Å². The van der Waals surface area contributed by atoms with E-state index < -0.39 is 17.6 Å². The van der Waals surface area contributed by atoms with Gasteiger partial charge in [-0.2, -0.15) is 13.2 Å². The molecule has 6 heteroatoms. The number of rotatable bonds is 5. The molecule has 17 heavy (non-hydrogen) atoms. The molecule has 2 unspecified atom stereocenters. The van der Waals surface area contributed by atoms with Crippen LogP contribution in [0.5, 0.6) is 0 Å². The lowest BCUT2D eigenvalue weighted by Gasteiger charge is -2.28. The van der Waals surface area contributed by atoms with Crippen molar-refractivity contribution < 1.29 is 18.0 Å². The lowest BCUT2D eigenvalue weighted by Crippen LogP contribution is -2.62. The number of halogens is 3. The molecule has 0 aromatic rings. The first-order valence-electron chi connectivity index (χ1n) is 5.65. The fraction of sp³-hybridized carbons (Fsp3) is 0.909. The minimum absolute atomic E-state index is 0.310. The Morgan fingerprint density at radius 2 is 1.71 bits per heavy atom. The van der Waals surface area contributed by atoms with Gasteiger partial charge in [-0.05, 0) is 32.6 Å². The van der Waals surface area contributed by atoms with Crippen LogP contribution in [0.15, 0.2) is 0 Å². The van der Waals surface area contributed by atoms with Crippen LogP contribution in [-0.2, 0) is 4.79 Å². The summed E-state index contributed by atoms with van der Waals surface area (Å²) in [7, 11) is 0. The molecular formula is C11H21F3N2O. The average molecular weight is 254 g/mol. The van der Waals surface area contributed by atoms with Gasteiger partial charge in [-0.15, -0.1) is 0 Å². The van der Waals surface area contributed by atoms with Gasteiger partial charge in [0.25, 0.3) is 0 Å². The van der Waals surface area contributed by atoms with Gasteiger partial charge in [-0.1, -0.05) is 13.8 Å². The summed E-state index contributed by atoms with van der Waals surface area (Å²) in [4.78, 5) is 11.4. The van der Waals surface area contributed by atoms with Crippen LogP contribution in [0.4, 0.5) is 13.2 Å². The third-order valence-electron chi connectivity index (χ3n) is 2.62. The molecule has 0 aliphatic heterocycles.